The molecule has 0 bridgehead atoms. The van der Waals surface area contributed by atoms with Crippen LogP contribution in [0, 0.1) is 5.92 Å². The third-order valence-electron chi connectivity index (χ3n) is 6.90. The maximum absolute atomic E-state index is 13.5. The van der Waals surface area contributed by atoms with Crippen LogP contribution in [-0.2, 0) is 39.2 Å². The van der Waals surface area contributed by atoms with E-state index in [9.17, 15) is 23.7 Å². The molecule has 0 unspecified atom stereocenters. The lowest BCUT2D eigenvalue weighted by atomic mass is 10.0. The van der Waals surface area contributed by atoms with Gasteiger partial charge in [0.25, 0.3) is 0 Å². The molecule has 13 heteroatoms. The summed E-state index contributed by atoms with van der Waals surface area (Å²) in [6, 6.07) is 3.80. The van der Waals surface area contributed by atoms with E-state index >= 15 is 0 Å². The van der Waals surface area contributed by atoms with Gasteiger partial charge in [-0.2, -0.15) is 0 Å². The average molecular weight is 697 g/mol. The fourth-order valence-electron chi connectivity index (χ4n) is 4.69. The summed E-state index contributed by atoms with van der Waals surface area (Å²) in [5.74, 6) is -1.67. The van der Waals surface area contributed by atoms with Crippen LogP contribution in [0.5, 0.6) is 5.75 Å². The van der Waals surface area contributed by atoms with Gasteiger partial charge in [-0.3, -0.25) is 28.2 Å². The number of nitrogens with zero attached hydrogens (tertiary/aromatic N) is 1. The molecule has 0 spiro atoms. The Labute approximate surface area is 288 Å². The van der Waals surface area contributed by atoms with Crippen molar-refractivity contribution in [3.8, 4) is 5.75 Å². The summed E-state index contributed by atoms with van der Waals surface area (Å²) in [6.45, 7) is 22.4. The Morgan fingerprint density at radius 1 is 0.792 bits per heavy atom. The van der Waals surface area contributed by atoms with Crippen LogP contribution in [0.3, 0.4) is 0 Å². The smallest absolute Gasteiger partial charge is 0.404 e. The van der Waals surface area contributed by atoms with Gasteiger partial charge in [-0.25, -0.2) is 4.57 Å². The monoisotopic (exact) mass is 696 g/mol. The molecule has 274 valence electrons. The Morgan fingerprint density at radius 2 is 1.29 bits per heavy atom. The third-order valence-corrected chi connectivity index (χ3v) is 8.87. The zero-order valence-corrected chi connectivity index (χ0v) is 32.1. The average Bonchev–Trinajstić information content (AvgIpc) is 2.93. The van der Waals surface area contributed by atoms with Crippen molar-refractivity contribution in [1.29, 1.82) is 0 Å². The number of hydrogen-bond acceptors (Lipinski definition) is 8. The van der Waals surface area contributed by atoms with E-state index in [-0.39, 0.29) is 24.0 Å². The molecule has 0 saturated carbocycles. The number of phosphoric acid groups is 1. The predicted octanol–water partition coefficient (Wildman–Crippen LogP) is 5.93. The minimum absolute atomic E-state index is 0.103. The van der Waals surface area contributed by atoms with E-state index in [4.69, 9.17) is 13.6 Å². The second kappa shape index (κ2) is 19.3. The zero-order chi connectivity index (χ0) is 36.9. The minimum atomic E-state index is -4.01. The van der Waals surface area contributed by atoms with Gasteiger partial charge >= 0.3 is 7.82 Å². The fourth-order valence-corrected chi connectivity index (χ4v) is 6.52. The first-order valence-corrected chi connectivity index (χ1v) is 18.5. The van der Waals surface area contributed by atoms with Crippen LogP contribution < -0.4 is 20.5 Å². The zero-order valence-electron chi connectivity index (χ0n) is 31.2. The number of phosphoric ester groups is 1. The number of nitrogens with one attached hydrogen (secondary N) is 3. The Balaban J connectivity index is 3.09. The molecule has 3 N–H and O–H groups in total. The Kier molecular flexibility index (Phi) is 17.3. The SMILES string of the molecule is CCCCN(CCCC)C(=O)[C@H](C)NC(=O)[C@@H](NC(=O)[C@H](Cc1ccc(OP(=O)(OC(C)(C)C)OC(C)(C)C)cc1)NC(C)=O)C(C)C. The van der Waals surface area contributed by atoms with Gasteiger partial charge < -0.3 is 25.4 Å². The highest BCUT2D eigenvalue weighted by Crippen LogP contribution is 2.55. The van der Waals surface area contributed by atoms with E-state index < -0.39 is 54.9 Å². The second-order valence-corrected chi connectivity index (χ2v) is 16.0. The molecule has 1 aromatic carbocycles. The van der Waals surface area contributed by atoms with Crippen LogP contribution >= 0.6 is 7.82 Å². The number of rotatable bonds is 19. The van der Waals surface area contributed by atoms with E-state index in [1.807, 2.05) is 0 Å². The van der Waals surface area contributed by atoms with Crippen LogP contribution in [0.2, 0.25) is 0 Å². The van der Waals surface area contributed by atoms with Gasteiger partial charge in [0.05, 0.1) is 11.2 Å². The summed E-state index contributed by atoms with van der Waals surface area (Å²) in [6.07, 6.45) is 3.75. The highest BCUT2D eigenvalue weighted by atomic mass is 31.2. The standard InChI is InChI=1S/C35H61N4O8P/c1-13-15-21-39(22-16-14-2)33(43)25(5)36-32(42)30(24(3)4)38-31(41)29(37-26(6)40)23-27-17-19-28(20-18-27)45-48(44,46-34(7,8)9)47-35(10,11)12/h17-20,24-25,29-30H,13-16,21-23H2,1-12H3,(H,36,42)(H,37,40)(H,38,41)/t25-,29-,30-/m0/s1. The predicted molar refractivity (Wildman–Crippen MR) is 188 cm³/mol. The maximum Gasteiger partial charge on any atom is 0.531 e. The molecule has 0 aromatic heterocycles. The van der Waals surface area contributed by atoms with Crippen molar-refractivity contribution in [2.45, 2.75) is 145 Å². The Bertz CT molecular complexity index is 1210. The molecule has 0 aliphatic rings. The molecular formula is C35H61N4O8P. The summed E-state index contributed by atoms with van der Waals surface area (Å²) in [4.78, 5) is 54.0. The van der Waals surface area contributed by atoms with E-state index in [0.717, 1.165) is 25.7 Å². The van der Waals surface area contributed by atoms with Gasteiger partial charge in [-0.1, -0.05) is 52.7 Å². The van der Waals surface area contributed by atoms with Crippen LogP contribution in [-0.4, -0.2) is 70.9 Å². The molecule has 0 aliphatic heterocycles. The van der Waals surface area contributed by atoms with Crippen LogP contribution in [0.1, 0.15) is 114 Å². The molecule has 4 amide bonds. The third kappa shape index (κ3) is 16.4. The van der Waals surface area contributed by atoms with E-state index in [1.54, 1.807) is 91.5 Å². The van der Waals surface area contributed by atoms with Gasteiger partial charge in [0, 0.05) is 26.4 Å². The van der Waals surface area contributed by atoms with Crippen LogP contribution in [0.25, 0.3) is 0 Å². The van der Waals surface area contributed by atoms with E-state index in [0.29, 0.717) is 18.7 Å². The Hall–Kier alpha value is -2.95. The summed E-state index contributed by atoms with van der Waals surface area (Å²) >= 11 is 0. The molecule has 1 aromatic rings. The first-order valence-electron chi connectivity index (χ1n) is 17.1. The number of hydrogen-bond donors (Lipinski definition) is 3. The summed E-state index contributed by atoms with van der Waals surface area (Å²) < 4.78 is 30.6. The second-order valence-electron chi connectivity index (χ2n) is 14.5. The fraction of sp³-hybridized carbons (Fsp3) is 0.714. The lowest BCUT2D eigenvalue weighted by Gasteiger charge is -2.30. The summed E-state index contributed by atoms with van der Waals surface area (Å²) in [5.41, 5.74) is -0.938. The van der Waals surface area contributed by atoms with Crippen molar-refractivity contribution in [3.63, 3.8) is 0 Å². The first kappa shape index (κ1) is 43.1. The lowest BCUT2D eigenvalue weighted by molar-refractivity contribution is -0.137. The van der Waals surface area contributed by atoms with Gasteiger partial charge in [-0.15, -0.1) is 0 Å². The van der Waals surface area contributed by atoms with Crippen molar-refractivity contribution < 1.29 is 37.3 Å². The minimum Gasteiger partial charge on any atom is -0.404 e. The number of benzene rings is 1. The normalized spacial score (nSPS) is 14.1. The number of unbranched alkanes of at least 4 members (excludes halogenated alkanes) is 2. The van der Waals surface area contributed by atoms with Gasteiger partial charge in [0.2, 0.25) is 23.6 Å². The van der Waals surface area contributed by atoms with Crippen LogP contribution in [0.15, 0.2) is 24.3 Å². The van der Waals surface area contributed by atoms with Gasteiger partial charge in [0.1, 0.15) is 23.9 Å². The van der Waals surface area contributed by atoms with Gasteiger partial charge in [-0.05, 0) is 84.9 Å². The highest BCUT2D eigenvalue weighted by molar-refractivity contribution is 7.49. The highest BCUT2D eigenvalue weighted by Gasteiger charge is 2.39. The molecule has 3 atom stereocenters. The molecule has 48 heavy (non-hydrogen) atoms. The quantitative estimate of drug-likeness (QED) is 0.151. The van der Waals surface area contributed by atoms with Gasteiger partial charge in [0.15, 0.2) is 0 Å². The first-order chi connectivity index (χ1) is 22.1. The molecule has 1 rings (SSSR count). The van der Waals surface area contributed by atoms with Crippen LogP contribution in [0.4, 0.5) is 0 Å². The molecule has 0 fully saturated rings. The molecule has 0 heterocycles. The number of carbonyl (C=O) groups excluding carboxylic acids is 4. The van der Waals surface area contributed by atoms with E-state index in [1.165, 1.54) is 6.92 Å². The number of amides is 4. The van der Waals surface area contributed by atoms with Crippen molar-refractivity contribution in [1.82, 2.24) is 20.9 Å². The molecule has 12 nitrogen and oxygen atoms in total. The molecule has 0 radical (unpaired) electrons. The molecular weight excluding hydrogens is 635 g/mol. The Morgan fingerprint density at radius 3 is 1.71 bits per heavy atom. The van der Waals surface area contributed by atoms with Crippen molar-refractivity contribution in [2.24, 2.45) is 5.92 Å². The maximum atomic E-state index is 13.5. The lowest BCUT2D eigenvalue weighted by Crippen LogP contribution is -2.58. The van der Waals surface area contributed by atoms with Crippen molar-refractivity contribution in [2.75, 3.05) is 13.1 Å². The van der Waals surface area contributed by atoms with Crippen molar-refractivity contribution in [3.05, 3.63) is 29.8 Å². The largest absolute Gasteiger partial charge is 0.531 e. The molecule has 0 saturated heterocycles. The molecule has 0 aliphatic carbocycles. The van der Waals surface area contributed by atoms with Crippen molar-refractivity contribution >= 4 is 31.5 Å². The summed E-state index contributed by atoms with van der Waals surface area (Å²) in [7, 11) is -4.01. The number of carbonyl (C=O) groups is 4. The summed E-state index contributed by atoms with van der Waals surface area (Å²) in [5, 5.41) is 8.25. The van der Waals surface area contributed by atoms with E-state index in [2.05, 4.69) is 29.8 Å². The topological polar surface area (TPSA) is 152 Å².